The molecule has 0 saturated carbocycles. The summed E-state index contributed by atoms with van der Waals surface area (Å²) in [4.78, 5) is 6.77. The molecular weight excluding hydrogens is 336 g/mol. The van der Waals surface area contributed by atoms with Crippen LogP contribution in [-0.4, -0.2) is 63.3 Å². The summed E-state index contributed by atoms with van der Waals surface area (Å²) in [5, 5.41) is 7.50. The van der Waals surface area contributed by atoms with Gasteiger partial charge in [-0.25, -0.2) is 0 Å². The summed E-state index contributed by atoms with van der Waals surface area (Å²) in [5.41, 5.74) is 1.26. The Morgan fingerprint density at radius 2 is 2.08 bits per heavy atom. The largest absolute Gasteiger partial charge is 0.374 e. The van der Waals surface area contributed by atoms with E-state index in [9.17, 15) is 0 Å². The highest BCUT2D eigenvalue weighted by atomic mass is 35.5. The molecule has 140 valence electrons. The molecule has 0 radical (unpaired) electrons. The van der Waals surface area contributed by atoms with Crippen molar-refractivity contribution in [2.24, 2.45) is 10.9 Å². The van der Waals surface area contributed by atoms with Gasteiger partial charge in [-0.05, 0) is 30.0 Å². The van der Waals surface area contributed by atoms with Crippen LogP contribution in [0.2, 0.25) is 5.02 Å². The maximum Gasteiger partial charge on any atom is 0.191 e. The Hall–Kier alpha value is -1.30. The van der Waals surface area contributed by atoms with Crippen LogP contribution in [0.25, 0.3) is 0 Å². The fourth-order valence-corrected chi connectivity index (χ4v) is 3.12. The maximum atomic E-state index is 5.91. The summed E-state index contributed by atoms with van der Waals surface area (Å²) in [7, 11) is 1.80. The SMILES string of the molecule is CN=C(NCCc1ccc(Cl)cc1)NCC1CN(CC(C)C)CCO1. The first kappa shape index (κ1) is 20.0. The second-order valence-corrected chi connectivity index (χ2v) is 7.34. The second-order valence-electron chi connectivity index (χ2n) is 6.90. The zero-order valence-corrected chi connectivity index (χ0v) is 16.4. The molecule has 0 amide bonds. The molecule has 0 spiro atoms. The molecule has 1 unspecified atom stereocenters. The van der Waals surface area contributed by atoms with Gasteiger partial charge in [-0.1, -0.05) is 37.6 Å². The molecule has 6 heteroatoms. The van der Waals surface area contributed by atoms with E-state index in [1.165, 1.54) is 5.56 Å². The predicted molar refractivity (Wildman–Crippen MR) is 106 cm³/mol. The molecule has 25 heavy (non-hydrogen) atoms. The smallest absolute Gasteiger partial charge is 0.191 e. The maximum absolute atomic E-state index is 5.91. The van der Waals surface area contributed by atoms with Gasteiger partial charge in [-0.3, -0.25) is 9.89 Å². The molecule has 0 aromatic heterocycles. The zero-order valence-electron chi connectivity index (χ0n) is 15.6. The lowest BCUT2D eigenvalue weighted by molar-refractivity contribution is -0.0284. The van der Waals surface area contributed by atoms with Crippen molar-refractivity contribution < 1.29 is 4.74 Å². The van der Waals surface area contributed by atoms with Crippen LogP contribution < -0.4 is 10.6 Å². The van der Waals surface area contributed by atoms with E-state index < -0.39 is 0 Å². The summed E-state index contributed by atoms with van der Waals surface area (Å²) in [6.45, 7) is 10.1. The molecule has 1 aliphatic heterocycles. The summed E-state index contributed by atoms with van der Waals surface area (Å²) < 4.78 is 5.87. The Kier molecular flexibility index (Phi) is 8.52. The van der Waals surface area contributed by atoms with Crippen molar-refractivity contribution >= 4 is 17.6 Å². The van der Waals surface area contributed by atoms with Crippen molar-refractivity contribution in [1.29, 1.82) is 0 Å². The van der Waals surface area contributed by atoms with Gasteiger partial charge in [0.25, 0.3) is 0 Å². The number of ether oxygens (including phenoxy) is 1. The molecule has 1 aromatic rings. The molecule has 5 nitrogen and oxygen atoms in total. The monoisotopic (exact) mass is 366 g/mol. The Morgan fingerprint density at radius 1 is 1.32 bits per heavy atom. The van der Waals surface area contributed by atoms with Crippen LogP contribution in [0.15, 0.2) is 29.3 Å². The number of hydrogen-bond donors (Lipinski definition) is 2. The minimum atomic E-state index is 0.210. The van der Waals surface area contributed by atoms with Crippen molar-refractivity contribution in [3.8, 4) is 0 Å². The normalized spacial score (nSPS) is 19.2. The first-order valence-corrected chi connectivity index (χ1v) is 9.47. The second kappa shape index (κ2) is 10.6. The van der Waals surface area contributed by atoms with E-state index in [2.05, 4.69) is 46.5 Å². The molecule has 1 atom stereocenters. The number of benzene rings is 1. The third-order valence-electron chi connectivity index (χ3n) is 4.19. The first-order valence-electron chi connectivity index (χ1n) is 9.09. The van der Waals surface area contributed by atoms with Crippen LogP contribution in [0.4, 0.5) is 0 Å². The van der Waals surface area contributed by atoms with E-state index in [0.717, 1.165) is 56.7 Å². The summed E-state index contributed by atoms with van der Waals surface area (Å²) in [6.07, 6.45) is 1.14. The lowest BCUT2D eigenvalue weighted by atomic mass is 10.1. The lowest BCUT2D eigenvalue weighted by Crippen LogP contribution is -2.50. The number of nitrogens with zero attached hydrogens (tertiary/aromatic N) is 2. The van der Waals surface area contributed by atoms with Crippen molar-refractivity contribution in [1.82, 2.24) is 15.5 Å². The minimum absolute atomic E-state index is 0.210. The highest BCUT2D eigenvalue weighted by molar-refractivity contribution is 6.30. The third-order valence-corrected chi connectivity index (χ3v) is 4.44. The van der Waals surface area contributed by atoms with Crippen LogP contribution in [0.5, 0.6) is 0 Å². The number of morpholine rings is 1. The number of hydrogen-bond acceptors (Lipinski definition) is 3. The van der Waals surface area contributed by atoms with Gasteiger partial charge in [0.15, 0.2) is 5.96 Å². The van der Waals surface area contributed by atoms with Crippen molar-refractivity contribution in [2.75, 3.05) is 46.4 Å². The van der Waals surface area contributed by atoms with Gasteiger partial charge in [0.1, 0.15) is 0 Å². The van der Waals surface area contributed by atoms with E-state index in [4.69, 9.17) is 16.3 Å². The van der Waals surface area contributed by atoms with Gasteiger partial charge in [0.05, 0.1) is 12.7 Å². The van der Waals surface area contributed by atoms with E-state index in [1.54, 1.807) is 7.05 Å². The van der Waals surface area contributed by atoms with Gasteiger partial charge in [-0.2, -0.15) is 0 Å². The third kappa shape index (κ3) is 7.63. The number of nitrogens with one attached hydrogen (secondary N) is 2. The topological polar surface area (TPSA) is 48.9 Å². The van der Waals surface area contributed by atoms with Gasteiger partial charge in [0, 0.05) is 44.8 Å². The number of halogens is 1. The molecule has 0 aliphatic carbocycles. The van der Waals surface area contributed by atoms with Gasteiger partial charge >= 0.3 is 0 Å². The lowest BCUT2D eigenvalue weighted by Gasteiger charge is -2.34. The van der Waals surface area contributed by atoms with Crippen molar-refractivity contribution in [3.63, 3.8) is 0 Å². The molecule has 1 fully saturated rings. The van der Waals surface area contributed by atoms with E-state index >= 15 is 0 Å². The fraction of sp³-hybridized carbons (Fsp3) is 0.632. The summed E-state index contributed by atoms with van der Waals surface area (Å²) in [5.74, 6) is 1.51. The summed E-state index contributed by atoms with van der Waals surface area (Å²) in [6, 6.07) is 7.96. The Morgan fingerprint density at radius 3 is 2.76 bits per heavy atom. The number of guanidine groups is 1. The van der Waals surface area contributed by atoms with Gasteiger partial charge < -0.3 is 15.4 Å². The molecule has 1 aromatic carbocycles. The van der Waals surface area contributed by atoms with E-state index in [0.29, 0.717) is 5.92 Å². The molecule has 0 bridgehead atoms. The van der Waals surface area contributed by atoms with Crippen LogP contribution in [0, 0.1) is 5.92 Å². The Balaban J connectivity index is 1.68. The van der Waals surface area contributed by atoms with Crippen LogP contribution in [0.1, 0.15) is 19.4 Å². The van der Waals surface area contributed by atoms with Gasteiger partial charge in [0.2, 0.25) is 0 Å². The molecule has 1 heterocycles. The molecular formula is C19H31ClN4O. The quantitative estimate of drug-likeness (QED) is 0.574. The standard InChI is InChI=1S/C19H31ClN4O/c1-15(2)13-24-10-11-25-18(14-24)12-23-19(21-3)22-9-8-16-4-6-17(20)7-5-16/h4-7,15,18H,8-14H2,1-3H3,(H2,21,22,23). The van der Waals surface area contributed by atoms with Crippen molar-refractivity contribution in [3.05, 3.63) is 34.9 Å². The van der Waals surface area contributed by atoms with Crippen LogP contribution in [-0.2, 0) is 11.2 Å². The average molecular weight is 367 g/mol. The first-order chi connectivity index (χ1) is 12.1. The molecule has 2 rings (SSSR count). The van der Waals surface area contributed by atoms with E-state index in [-0.39, 0.29) is 6.10 Å². The Bertz CT molecular complexity index is 533. The molecule has 1 aliphatic rings. The van der Waals surface area contributed by atoms with Crippen molar-refractivity contribution in [2.45, 2.75) is 26.4 Å². The average Bonchev–Trinajstić information content (AvgIpc) is 2.59. The highest BCUT2D eigenvalue weighted by Gasteiger charge is 2.20. The fourth-order valence-electron chi connectivity index (χ4n) is 2.99. The van der Waals surface area contributed by atoms with Crippen LogP contribution >= 0.6 is 11.6 Å². The Labute approximate surface area is 156 Å². The zero-order chi connectivity index (χ0) is 18.1. The number of rotatable bonds is 7. The molecule has 2 N–H and O–H groups in total. The van der Waals surface area contributed by atoms with Crippen LogP contribution in [0.3, 0.4) is 0 Å². The summed E-state index contributed by atoms with van der Waals surface area (Å²) >= 11 is 5.91. The van der Waals surface area contributed by atoms with Gasteiger partial charge in [-0.15, -0.1) is 0 Å². The van der Waals surface area contributed by atoms with E-state index in [1.807, 2.05) is 12.1 Å². The molecule has 1 saturated heterocycles. The number of aliphatic imine (C=N–C) groups is 1. The minimum Gasteiger partial charge on any atom is -0.374 e. The highest BCUT2D eigenvalue weighted by Crippen LogP contribution is 2.09. The predicted octanol–water partition coefficient (Wildman–Crippen LogP) is 2.40.